The Morgan fingerprint density at radius 2 is 2.14 bits per heavy atom. The number of fused-ring (bicyclic) bond motifs is 1. The second-order valence-corrected chi connectivity index (χ2v) is 5.92. The van der Waals surface area contributed by atoms with Crippen LogP contribution in [0, 0.1) is 6.92 Å². The molecule has 1 aromatic heterocycles. The molecule has 114 valence electrons. The van der Waals surface area contributed by atoms with Crippen LogP contribution < -0.4 is 14.8 Å². The lowest BCUT2D eigenvalue weighted by atomic mass is 10.2. The normalized spacial score (nSPS) is 12.2. The minimum atomic E-state index is -0.0231. The third-order valence-electron chi connectivity index (χ3n) is 3.16. The lowest BCUT2D eigenvalue weighted by Gasteiger charge is -2.06. The number of nitrogens with zero attached hydrogens (tertiary/aromatic N) is 1. The molecule has 6 heteroatoms. The molecule has 5 nitrogen and oxygen atoms in total. The highest BCUT2D eigenvalue weighted by Crippen LogP contribution is 2.32. The van der Waals surface area contributed by atoms with Crippen molar-refractivity contribution < 1.29 is 14.3 Å². The summed E-state index contributed by atoms with van der Waals surface area (Å²) >= 11 is 1.42. The molecule has 0 fully saturated rings. The van der Waals surface area contributed by atoms with Crippen molar-refractivity contribution in [2.45, 2.75) is 18.5 Å². The monoisotopic (exact) mass is 316 g/mol. The number of carbonyl (C=O) groups is 1. The van der Waals surface area contributed by atoms with Crippen LogP contribution in [0.5, 0.6) is 11.5 Å². The molecule has 0 radical (unpaired) electrons. The molecule has 0 bridgehead atoms. The highest BCUT2D eigenvalue weighted by atomic mass is 32.2. The summed E-state index contributed by atoms with van der Waals surface area (Å²) < 4.78 is 10.6. The Morgan fingerprint density at radius 3 is 2.95 bits per heavy atom. The lowest BCUT2D eigenvalue weighted by molar-refractivity contribution is -0.118. The number of carbonyl (C=O) groups excluding carboxylic acids is 1. The summed E-state index contributed by atoms with van der Waals surface area (Å²) in [5, 5.41) is 3.74. The zero-order valence-corrected chi connectivity index (χ0v) is 13.0. The SMILES string of the molecule is Cc1ccc(SCC(=O)NCc2ccc3c(c2)OCO3)nc1. The van der Waals surface area contributed by atoms with Crippen LogP contribution in [0.3, 0.4) is 0 Å². The molecule has 22 heavy (non-hydrogen) atoms. The van der Waals surface area contributed by atoms with Gasteiger partial charge < -0.3 is 14.8 Å². The van der Waals surface area contributed by atoms with E-state index in [1.54, 1.807) is 6.20 Å². The van der Waals surface area contributed by atoms with Gasteiger partial charge in [0, 0.05) is 12.7 Å². The Hall–Kier alpha value is -2.21. The topological polar surface area (TPSA) is 60.5 Å². The average molecular weight is 316 g/mol. The van der Waals surface area contributed by atoms with Crippen LogP contribution in [-0.4, -0.2) is 23.4 Å². The first-order valence-electron chi connectivity index (χ1n) is 6.91. The maximum absolute atomic E-state index is 11.9. The van der Waals surface area contributed by atoms with Gasteiger partial charge in [0.15, 0.2) is 11.5 Å². The molecule has 1 aliphatic rings. The number of hydrogen-bond acceptors (Lipinski definition) is 5. The average Bonchev–Trinajstić information content (AvgIpc) is 3.00. The van der Waals surface area contributed by atoms with Crippen LogP contribution in [0.1, 0.15) is 11.1 Å². The number of pyridine rings is 1. The summed E-state index contributed by atoms with van der Waals surface area (Å²) in [5.41, 5.74) is 2.09. The second-order valence-electron chi connectivity index (χ2n) is 4.93. The Labute approximate surface area is 133 Å². The molecule has 3 rings (SSSR count). The molecule has 0 unspecified atom stereocenters. The highest BCUT2D eigenvalue weighted by Gasteiger charge is 2.13. The molecule has 2 aromatic rings. The first-order valence-corrected chi connectivity index (χ1v) is 7.90. The molecular formula is C16H16N2O3S. The predicted octanol–water partition coefficient (Wildman–Crippen LogP) is 2.53. The minimum absolute atomic E-state index is 0.0231. The van der Waals surface area contributed by atoms with E-state index in [0.717, 1.165) is 27.7 Å². The van der Waals surface area contributed by atoms with Crippen LogP contribution in [0.25, 0.3) is 0 Å². The van der Waals surface area contributed by atoms with Gasteiger partial charge in [0.05, 0.1) is 10.8 Å². The van der Waals surface area contributed by atoms with E-state index in [0.29, 0.717) is 12.3 Å². The van der Waals surface area contributed by atoms with E-state index in [1.165, 1.54) is 11.8 Å². The number of amides is 1. The standard InChI is InChI=1S/C16H16N2O3S/c1-11-2-5-16(18-7-11)22-9-15(19)17-8-12-3-4-13-14(6-12)21-10-20-13/h2-7H,8-10H2,1H3,(H,17,19). The molecule has 1 aliphatic heterocycles. The van der Waals surface area contributed by atoms with Gasteiger partial charge in [-0.1, -0.05) is 23.9 Å². The summed E-state index contributed by atoms with van der Waals surface area (Å²) in [4.78, 5) is 16.1. The zero-order valence-electron chi connectivity index (χ0n) is 12.2. The molecule has 0 saturated carbocycles. The van der Waals surface area contributed by atoms with Crippen molar-refractivity contribution in [3.05, 3.63) is 47.7 Å². The fraction of sp³-hybridized carbons (Fsp3) is 0.250. The van der Waals surface area contributed by atoms with Crippen molar-refractivity contribution in [2.75, 3.05) is 12.5 Å². The molecular weight excluding hydrogens is 300 g/mol. The molecule has 0 atom stereocenters. The fourth-order valence-electron chi connectivity index (χ4n) is 1.98. The van der Waals surface area contributed by atoms with Gasteiger partial charge in [0.25, 0.3) is 0 Å². The number of aromatic nitrogens is 1. The fourth-order valence-corrected chi connectivity index (χ4v) is 2.65. The van der Waals surface area contributed by atoms with E-state index in [2.05, 4.69) is 10.3 Å². The number of ether oxygens (including phenoxy) is 2. The number of hydrogen-bond donors (Lipinski definition) is 1. The van der Waals surface area contributed by atoms with Crippen molar-refractivity contribution >= 4 is 17.7 Å². The molecule has 0 spiro atoms. The van der Waals surface area contributed by atoms with Gasteiger partial charge in [-0.2, -0.15) is 0 Å². The summed E-state index contributed by atoms with van der Waals surface area (Å²) in [7, 11) is 0. The van der Waals surface area contributed by atoms with Crippen molar-refractivity contribution in [3.8, 4) is 11.5 Å². The maximum Gasteiger partial charge on any atom is 0.231 e. The van der Waals surface area contributed by atoms with Crippen molar-refractivity contribution in [2.24, 2.45) is 0 Å². The zero-order chi connectivity index (χ0) is 15.4. The summed E-state index contributed by atoms with van der Waals surface area (Å²) in [6, 6.07) is 9.57. The van der Waals surface area contributed by atoms with Crippen LogP contribution in [0.15, 0.2) is 41.6 Å². The van der Waals surface area contributed by atoms with Gasteiger partial charge in [-0.3, -0.25) is 4.79 Å². The van der Waals surface area contributed by atoms with E-state index >= 15 is 0 Å². The molecule has 1 aromatic carbocycles. The van der Waals surface area contributed by atoms with E-state index in [4.69, 9.17) is 9.47 Å². The Bertz CT molecular complexity index is 674. The molecule has 1 amide bonds. The molecule has 2 heterocycles. The Balaban J connectivity index is 1.47. The largest absolute Gasteiger partial charge is 0.454 e. The predicted molar refractivity (Wildman–Crippen MR) is 84.1 cm³/mol. The van der Waals surface area contributed by atoms with E-state index in [1.807, 2.05) is 37.3 Å². The van der Waals surface area contributed by atoms with Gasteiger partial charge in [-0.05, 0) is 36.2 Å². The quantitative estimate of drug-likeness (QED) is 0.859. The second kappa shape index (κ2) is 6.70. The Morgan fingerprint density at radius 1 is 1.27 bits per heavy atom. The van der Waals surface area contributed by atoms with Gasteiger partial charge in [0.1, 0.15) is 0 Å². The van der Waals surface area contributed by atoms with Crippen molar-refractivity contribution in [1.29, 1.82) is 0 Å². The Kier molecular flexibility index (Phi) is 4.48. The highest BCUT2D eigenvalue weighted by molar-refractivity contribution is 7.99. The lowest BCUT2D eigenvalue weighted by Crippen LogP contribution is -2.24. The van der Waals surface area contributed by atoms with Gasteiger partial charge in [-0.15, -0.1) is 0 Å². The van der Waals surface area contributed by atoms with Crippen LogP contribution in [-0.2, 0) is 11.3 Å². The van der Waals surface area contributed by atoms with E-state index < -0.39 is 0 Å². The van der Waals surface area contributed by atoms with Crippen molar-refractivity contribution in [1.82, 2.24) is 10.3 Å². The molecule has 0 saturated heterocycles. The third kappa shape index (κ3) is 3.71. The van der Waals surface area contributed by atoms with Crippen LogP contribution >= 0.6 is 11.8 Å². The summed E-state index contributed by atoms with van der Waals surface area (Å²) in [6.07, 6.45) is 1.80. The maximum atomic E-state index is 11.9. The first kappa shape index (κ1) is 14.7. The minimum Gasteiger partial charge on any atom is -0.454 e. The smallest absolute Gasteiger partial charge is 0.231 e. The van der Waals surface area contributed by atoms with Crippen LogP contribution in [0.4, 0.5) is 0 Å². The number of thioether (sulfide) groups is 1. The van der Waals surface area contributed by atoms with E-state index in [9.17, 15) is 4.79 Å². The number of benzene rings is 1. The third-order valence-corrected chi connectivity index (χ3v) is 4.11. The molecule has 0 aliphatic carbocycles. The molecule has 1 N–H and O–H groups in total. The van der Waals surface area contributed by atoms with Crippen molar-refractivity contribution in [3.63, 3.8) is 0 Å². The number of rotatable bonds is 5. The summed E-state index contributed by atoms with van der Waals surface area (Å²) in [5.74, 6) is 1.80. The van der Waals surface area contributed by atoms with E-state index in [-0.39, 0.29) is 12.7 Å². The van der Waals surface area contributed by atoms with Crippen LogP contribution in [0.2, 0.25) is 0 Å². The number of nitrogens with one attached hydrogen (secondary N) is 1. The first-order chi connectivity index (χ1) is 10.7. The number of aryl methyl sites for hydroxylation is 1. The van der Waals surface area contributed by atoms with Gasteiger partial charge >= 0.3 is 0 Å². The summed E-state index contributed by atoms with van der Waals surface area (Å²) in [6.45, 7) is 2.71. The van der Waals surface area contributed by atoms with Gasteiger partial charge in [-0.25, -0.2) is 4.98 Å². The van der Waals surface area contributed by atoms with Gasteiger partial charge in [0.2, 0.25) is 12.7 Å².